The summed E-state index contributed by atoms with van der Waals surface area (Å²) < 4.78 is 23.9. The quantitative estimate of drug-likeness (QED) is 0.122. The summed E-state index contributed by atoms with van der Waals surface area (Å²) in [5.41, 5.74) is 4.22. The van der Waals surface area contributed by atoms with E-state index in [1.54, 1.807) is 7.11 Å². The molecule has 1 aromatic rings. The van der Waals surface area contributed by atoms with Crippen LogP contribution < -0.4 is 0 Å². The van der Waals surface area contributed by atoms with Gasteiger partial charge in [0.2, 0.25) is 0 Å². The highest BCUT2D eigenvalue weighted by Gasteiger charge is 2.37. The normalized spacial score (nSPS) is 20.7. The summed E-state index contributed by atoms with van der Waals surface area (Å²) in [7, 11) is -0.0477. The zero-order valence-electron chi connectivity index (χ0n) is 25.2. The van der Waals surface area contributed by atoms with Crippen molar-refractivity contribution in [3.8, 4) is 0 Å². The molecular weight excluding hydrogens is 476 g/mol. The van der Waals surface area contributed by atoms with E-state index in [1.807, 2.05) is 6.07 Å². The van der Waals surface area contributed by atoms with Crippen LogP contribution in [0.3, 0.4) is 0 Å². The summed E-state index contributed by atoms with van der Waals surface area (Å²) in [6.07, 6.45) is 10.2. The second kappa shape index (κ2) is 14.8. The molecule has 37 heavy (non-hydrogen) atoms. The molecule has 1 aliphatic rings. The van der Waals surface area contributed by atoms with Gasteiger partial charge in [0, 0.05) is 13.7 Å². The Kier molecular flexibility index (Phi) is 12.8. The molecule has 0 bridgehead atoms. The van der Waals surface area contributed by atoms with E-state index in [2.05, 4.69) is 91.1 Å². The van der Waals surface area contributed by atoms with Crippen molar-refractivity contribution >= 4 is 8.32 Å². The van der Waals surface area contributed by atoms with E-state index in [0.717, 1.165) is 32.3 Å². The summed E-state index contributed by atoms with van der Waals surface area (Å²) in [6.45, 7) is 20.9. The molecule has 0 aliphatic heterocycles. The third kappa shape index (κ3) is 10.8. The van der Waals surface area contributed by atoms with Crippen molar-refractivity contribution in [2.24, 2.45) is 11.3 Å². The molecular formula is C32H54O4Si. The van der Waals surface area contributed by atoms with Gasteiger partial charge in [-0.1, -0.05) is 82.7 Å². The molecule has 0 saturated heterocycles. The Labute approximate surface area is 228 Å². The summed E-state index contributed by atoms with van der Waals surface area (Å²) >= 11 is 0. The van der Waals surface area contributed by atoms with Crippen LogP contribution in [0, 0.1) is 11.3 Å². The van der Waals surface area contributed by atoms with Gasteiger partial charge in [0.1, 0.15) is 6.79 Å². The van der Waals surface area contributed by atoms with Crippen LogP contribution in [-0.2, 0) is 25.2 Å². The molecule has 0 saturated carbocycles. The number of hydrogen-bond donors (Lipinski definition) is 0. The molecule has 0 fully saturated rings. The van der Waals surface area contributed by atoms with Crippen molar-refractivity contribution in [3.05, 3.63) is 59.2 Å². The minimum absolute atomic E-state index is 0.134. The van der Waals surface area contributed by atoms with E-state index in [1.165, 1.54) is 23.1 Å². The van der Waals surface area contributed by atoms with E-state index < -0.39 is 8.32 Å². The first kappa shape index (κ1) is 32.0. The molecule has 3 atom stereocenters. The molecule has 5 heteroatoms. The van der Waals surface area contributed by atoms with E-state index in [4.69, 9.17) is 18.6 Å². The fourth-order valence-corrected chi connectivity index (χ4v) is 5.73. The highest BCUT2D eigenvalue weighted by atomic mass is 28.4. The van der Waals surface area contributed by atoms with Gasteiger partial charge in [-0.2, -0.15) is 0 Å². The van der Waals surface area contributed by atoms with Gasteiger partial charge >= 0.3 is 0 Å². The Hall–Kier alpha value is -1.24. The first-order valence-electron chi connectivity index (χ1n) is 14.1. The highest BCUT2D eigenvalue weighted by Crippen LogP contribution is 2.42. The number of allylic oxidation sites excluding steroid dienone is 2. The van der Waals surface area contributed by atoms with Crippen molar-refractivity contribution in [2.75, 3.05) is 27.1 Å². The lowest BCUT2D eigenvalue weighted by atomic mass is 9.79. The third-order valence-electron chi connectivity index (χ3n) is 8.30. The molecule has 0 amide bonds. The molecule has 4 nitrogen and oxygen atoms in total. The van der Waals surface area contributed by atoms with Gasteiger partial charge in [-0.05, 0) is 79.6 Å². The van der Waals surface area contributed by atoms with E-state index in [-0.39, 0.29) is 16.6 Å². The van der Waals surface area contributed by atoms with Gasteiger partial charge in [-0.3, -0.25) is 0 Å². The average Bonchev–Trinajstić information content (AvgIpc) is 3.20. The Morgan fingerprint density at radius 3 is 2.49 bits per heavy atom. The third-order valence-corrected chi connectivity index (χ3v) is 12.8. The molecule has 2 rings (SSSR count). The SMILES string of the molecule is COCOC(C/C(C)=C/C[C@]1(C)CCC=C1COCc1ccccc1)C[C@@H](C)CO[Si](C)(C)C(C)(C)C. The average molecular weight is 531 g/mol. The van der Waals surface area contributed by atoms with Crippen LogP contribution in [-0.4, -0.2) is 41.5 Å². The Morgan fingerprint density at radius 1 is 1.14 bits per heavy atom. The molecule has 1 aliphatic carbocycles. The van der Waals surface area contributed by atoms with Gasteiger partial charge in [-0.15, -0.1) is 0 Å². The Balaban J connectivity index is 1.89. The fourth-order valence-electron chi connectivity index (χ4n) is 4.59. The Bertz CT molecular complexity index is 855. The first-order chi connectivity index (χ1) is 17.4. The molecule has 0 radical (unpaired) electrons. The second-order valence-electron chi connectivity index (χ2n) is 12.9. The summed E-state index contributed by atoms with van der Waals surface area (Å²) in [6, 6.07) is 10.4. The number of ether oxygens (including phenoxy) is 3. The van der Waals surface area contributed by atoms with Crippen molar-refractivity contribution in [1.82, 2.24) is 0 Å². The fraction of sp³-hybridized carbons (Fsp3) is 0.688. The van der Waals surface area contributed by atoms with Crippen LogP contribution >= 0.6 is 0 Å². The van der Waals surface area contributed by atoms with Crippen molar-refractivity contribution < 1.29 is 18.6 Å². The number of benzene rings is 1. The minimum atomic E-state index is -1.74. The summed E-state index contributed by atoms with van der Waals surface area (Å²) in [4.78, 5) is 0. The first-order valence-corrected chi connectivity index (χ1v) is 17.0. The number of methoxy groups -OCH3 is 1. The molecule has 0 heterocycles. The second-order valence-corrected chi connectivity index (χ2v) is 17.7. The van der Waals surface area contributed by atoms with Crippen LogP contribution in [0.4, 0.5) is 0 Å². The molecule has 1 unspecified atom stereocenters. The predicted molar refractivity (Wildman–Crippen MR) is 158 cm³/mol. The largest absolute Gasteiger partial charge is 0.417 e. The monoisotopic (exact) mass is 530 g/mol. The minimum Gasteiger partial charge on any atom is -0.417 e. The van der Waals surface area contributed by atoms with Gasteiger partial charge in [0.25, 0.3) is 0 Å². The van der Waals surface area contributed by atoms with Gasteiger partial charge in [-0.25, -0.2) is 0 Å². The summed E-state index contributed by atoms with van der Waals surface area (Å²) in [5.74, 6) is 0.437. The number of rotatable bonds is 16. The lowest BCUT2D eigenvalue weighted by molar-refractivity contribution is -0.0787. The zero-order valence-corrected chi connectivity index (χ0v) is 26.2. The van der Waals surface area contributed by atoms with E-state index in [0.29, 0.717) is 25.9 Å². The highest BCUT2D eigenvalue weighted by molar-refractivity contribution is 6.74. The lowest BCUT2D eigenvalue weighted by Gasteiger charge is -2.37. The zero-order chi connectivity index (χ0) is 27.5. The van der Waals surface area contributed by atoms with Gasteiger partial charge in [0.15, 0.2) is 8.32 Å². The molecule has 210 valence electrons. The lowest BCUT2D eigenvalue weighted by Crippen LogP contribution is -2.42. The van der Waals surface area contributed by atoms with Crippen LogP contribution in [0.5, 0.6) is 0 Å². The van der Waals surface area contributed by atoms with Crippen LogP contribution in [0.15, 0.2) is 53.6 Å². The van der Waals surface area contributed by atoms with Crippen LogP contribution in [0.1, 0.15) is 79.2 Å². The molecule has 0 spiro atoms. The summed E-state index contributed by atoms with van der Waals surface area (Å²) in [5, 5.41) is 0.230. The van der Waals surface area contributed by atoms with Crippen LogP contribution in [0.25, 0.3) is 0 Å². The van der Waals surface area contributed by atoms with Crippen molar-refractivity contribution in [1.29, 1.82) is 0 Å². The molecule has 0 N–H and O–H groups in total. The van der Waals surface area contributed by atoms with Crippen LogP contribution in [0.2, 0.25) is 18.1 Å². The standard InChI is InChI=1S/C32H54O4Si/c1-26(20-30(35-25-33-7)21-27(2)22-36-37(8,9)31(3,4)5)17-19-32(6)18-13-16-29(32)24-34-23-28-14-11-10-12-15-28/h10-12,14-17,27,30H,13,18-25H2,1-9H3/b26-17+/t27-,30?,32+/m1/s1. The van der Waals surface area contributed by atoms with Gasteiger partial charge < -0.3 is 18.6 Å². The number of hydrogen-bond acceptors (Lipinski definition) is 4. The topological polar surface area (TPSA) is 36.9 Å². The Morgan fingerprint density at radius 2 is 1.84 bits per heavy atom. The van der Waals surface area contributed by atoms with E-state index in [9.17, 15) is 0 Å². The maximum Gasteiger partial charge on any atom is 0.191 e. The molecule has 0 aromatic heterocycles. The molecule has 1 aromatic carbocycles. The maximum absolute atomic E-state index is 6.49. The maximum atomic E-state index is 6.49. The van der Waals surface area contributed by atoms with Crippen molar-refractivity contribution in [2.45, 2.75) is 104 Å². The van der Waals surface area contributed by atoms with E-state index >= 15 is 0 Å². The predicted octanol–water partition coefficient (Wildman–Crippen LogP) is 8.69. The van der Waals surface area contributed by atoms with Gasteiger partial charge in [0.05, 0.1) is 19.3 Å². The smallest absolute Gasteiger partial charge is 0.191 e. The van der Waals surface area contributed by atoms with Crippen molar-refractivity contribution in [3.63, 3.8) is 0 Å².